The number of hydrogen-bond acceptors (Lipinski definition) is 2. The van der Waals surface area contributed by atoms with E-state index in [1.54, 1.807) is 0 Å². The molecule has 104 valence electrons. The van der Waals surface area contributed by atoms with Gasteiger partial charge in [-0.15, -0.1) is 0 Å². The Hall–Kier alpha value is -2.81. The van der Waals surface area contributed by atoms with E-state index in [4.69, 9.17) is 4.74 Å². The fourth-order valence-electron chi connectivity index (χ4n) is 2.32. The van der Waals surface area contributed by atoms with Crippen molar-refractivity contribution < 1.29 is 9.53 Å². The molecule has 3 heteroatoms. The lowest BCUT2D eigenvalue weighted by Gasteiger charge is -2.13. The predicted molar refractivity (Wildman–Crippen MR) is 82.5 cm³/mol. The molecule has 0 aliphatic heterocycles. The first-order chi connectivity index (χ1) is 10.3. The molecule has 0 fully saturated rings. The summed E-state index contributed by atoms with van der Waals surface area (Å²) >= 11 is 0. The van der Waals surface area contributed by atoms with Gasteiger partial charge in [0.2, 0.25) is 5.88 Å². The zero-order valence-electron chi connectivity index (χ0n) is 11.7. The number of hydrogen-bond donors (Lipinski definition) is 0. The van der Waals surface area contributed by atoms with Gasteiger partial charge in [0, 0.05) is 18.7 Å². The molecule has 21 heavy (non-hydrogen) atoms. The summed E-state index contributed by atoms with van der Waals surface area (Å²) < 4.78 is 7.27. The largest absolute Gasteiger partial charge is 0.409 e. The molecular weight excluding hydrogens is 262 g/mol. The maximum atomic E-state index is 11.3. The van der Waals surface area contributed by atoms with Crippen LogP contribution in [-0.4, -0.2) is 10.5 Å². The molecule has 0 amide bonds. The van der Waals surface area contributed by atoms with E-state index in [1.165, 1.54) is 6.92 Å². The van der Waals surface area contributed by atoms with Crippen LogP contribution in [-0.2, 0) is 4.79 Å². The van der Waals surface area contributed by atoms with Gasteiger partial charge >= 0.3 is 5.97 Å². The minimum atomic E-state index is -0.329. The molecule has 0 spiro atoms. The molecule has 0 aliphatic rings. The summed E-state index contributed by atoms with van der Waals surface area (Å²) in [6.45, 7) is 1.41. The summed E-state index contributed by atoms with van der Waals surface area (Å²) in [4.78, 5) is 11.3. The third-order valence-electron chi connectivity index (χ3n) is 3.18. The zero-order chi connectivity index (χ0) is 14.7. The van der Waals surface area contributed by atoms with Gasteiger partial charge in [-0.2, -0.15) is 0 Å². The SMILES string of the molecule is CC(=O)Oc1ccc(-c2ccccc2)n1-c1ccccc1. The van der Waals surface area contributed by atoms with Gasteiger partial charge in [-0.05, 0) is 23.8 Å². The van der Waals surface area contributed by atoms with Crippen LogP contribution in [0.15, 0.2) is 72.8 Å². The summed E-state index contributed by atoms with van der Waals surface area (Å²) in [6, 6.07) is 23.7. The molecule has 3 aromatic rings. The van der Waals surface area contributed by atoms with E-state index < -0.39 is 0 Å². The van der Waals surface area contributed by atoms with Crippen LogP contribution in [0.3, 0.4) is 0 Å². The first-order valence-corrected chi connectivity index (χ1v) is 6.77. The van der Waals surface area contributed by atoms with Gasteiger partial charge in [0.15, 0.2) is 0 Å². The minimum absolute atomic E-state index is 0.329. The molecule has 1 heterocycles. The lowest BCUT2D eigenvalue weighted by atomic mass is 10.1. The molecule has 0 unspecified atom stereocenters. The normalized spacial score (nSPS) is 10.3. The Morgan fingerprint density at radius 1 is 0.857 bits per heavy atom. The van der Waals surface area contributed by atoms with E-state index in [1.807, 2.05) is 77.4 Å². The molecule has 2 aromatic carbocycles. The summed E-state index contributed by atoms with van der Waals surface area (Å²) in [5.74, 6) is 0.192. The second kappa shape index (κ2) is 5.67. The van der Waals surface area contributed by atoms with E-state index >= 15 is 0 Å². The number of rotatable bonds is 3. The molecule has 0 aliphatic carbocycles. The Bertz CT molecular complexity index is 745. The molecule has 3 nitrogen and oxygen atoms in total. The van der Waals surface area contributed by atoms with Crippen molar-refractivity contribution in [3.63, 3.8) is 0 Å². The number of esters is 1. The number of carbonyl (C=O) groups excluding carboxylic acids is 1. The van der Waals surface area contributed by atoms with Crippen molar-refractivity contribution in [2.75, 3.05) is 0 Å². The molecule has 0 atom stereocenters. The van der Waals surface area contributed by atoms with Crippen LogP contribution in [0.5, 0.6) is 5.88 Å². The summed E-state index contributed by atoms with van der Waals surface area (Å²) in [5, 5.41) is 0. The highest BCUT2D eigenvalue weighted by molar-refractivity contribution is 5.71. The Balaban J connectivity index is 2.18. The van der Waals surface area contributed by atoms with E-state index in [-0.39, 0.29) is 5.97 Å². The first-order valence-electron chi connectivity index (χ1n) is 6.77. The molecular formula is C18H15NO2. The minimum Gasteiger partial charge on any atom is -0.409 e. The van der Waals surface area contributed by atoms with Crippen molar-refractivity contribution in [1.82, 2.24) is 4.57 Å². The van der Waals surface area contributed by atoms with E-state index in [9.17, 15) is 4.79 Å². The third kappa shape index (κ3) is 2.72. The van der Waals surface area contributed by atoms with Crippen molar-refractivity contribution in [3.05, 3.63) is 72.8 Å². The molecule has 0 saturated carbocycles. The van der Waals surface area contributed by atoms with Crippen molar-refractivity contribution in [2.45, 2.75) is 6.92 Å². The highest BCUT2D eigenvalue weighted by atomic mass is 16.5. The number of aromatic nitrogens is 1. The summed E-state index contributed by atoms with van der Waals surface area (Å²) in [7, 11) is 0. The fourth-order valence-corrected chi connectivity index (χ4v) is 2.32. The van der Waals surface area contributed by atoms with Gasteiger partial charge in [-0.25, -0.2) is 0 Å². The zero-order valence-corrected chi connectivity index (χ0v) is 11.7. The van der Waals surface area contributed by atoms with Gasteiger partial charge in [0.05, 0.1) is 5.69 Å². The summed E-state index contributed by atoms with van der Waals surface area (Å²) in [5.41, 5.74) is 3.01. The fraction of sp³-hybridized carbons (Fsp3) is 0.0556. The van der Waals surface area contributed by atoms with Gasteiger partial charge in [-0.1, -0.05) is 48.5 Å². The van der Waals surface area contributed by atoms with Gasteiger partial charge < -0.3 is 4.74 Å². The van der Waals surface area contributed by atoms with E-state index in [0.717, 1.165) is 16.9 Å². The number of carbonyl (C=O) groups is 1. The highest BCUT2D eigenvalue weighted by Gasteiger charge is 2.13. The van der Waals surface area contributed by atoms with E-state index in [0.29, 0.717) is 5.88 Å². The van der Waals surface area contributed by atoms with Gasteiger partial charge in [0.1, 0.15) is 0 Å². The van der Waals surface area contributed by atoms with Gasteiger partial charge in [-0.3, -0.25) is 9.36 Å². The Kier molecular flexibility index (Phi) is 3.56. The van der Waals surface area contributed by atoms with E-state index in [2.05, 4.69) is 0 Å². The average Bonchev–Trinajstić information content (AvgIpc) is 2.92. The second-order valence-electron chi connectivity index (χ2n) is 4.69. The lowest BCUT2D eigenvalue weighted by molar-refractivity contribution is -0.132. The molecule has 1 aromatic heterocycles. The molecule has 0 N–H and O–H groups in total. The topological polar surface area (TPSA) is 31.2 Å². The van der Waals surface area contributed by atoms with Crippen LogP contribution < -0.4 is 4.74 Å². The molecule has 0 bridgehead atoms. The first kappa shape index (κ1) is 13.2. The monoisotopic (exact) mass is 277 g/mol. The van der Waals surface area contributed by atoms with Crippen LogP contribution in [0.2, 0.25) is 0 Å². The molecule has 3 rings (SSSR count). The Morgan fingerprint density at radius 3 is 2.10 bits per heavy atom. The number of ether oxygens (including phenoxy) is 1. The third-order valence-corrected chi connectivity index (χ3v) is 3.18. The number of nitrogens with zero attached hydrogens (tertiary/aromatic N) is 1. The van der Waals surface area contributed by atoms with Crippen LogP contribution >= 0.6 is 0 Å². The smallest absolute Gasteiger partial charge is 0.309 e. The van der Waals surface area contributed by atoms with Gasteiger partial charge in [0.25, 0.3) is 0 Å². The highest BCUT2D eigenvalue weighted by Crippen LogP contribution is 2.30. The average molecular weight is 277 g/mol. The lowest BCUT2D eigenvalue weighted by Crippen LogP contribution is -2.07. The standard InChI is InChI=1S/C18H15NO2/c1-14(20)21-18-13-12-17(15-8-4-2-5-9-15)19(18)16-10-6-3-7-11-16/h2-13H,1H3. The van der Waals surface area contributed by atoms with Crippen LogP contribution in [0.25, 0.3) is 16.9 Å². The number of para-hydroxylation sites is 1. The second-order valence-corrected chi connectivity index (χ2v) is 4.69. The van der Waals surface area contributed by atoms with Crippen molar-refractivity contribution >= 4 is 5.97 Å². The van der Waals surface area contributed by atoms with Crippen LogP contribution in [0.1, 0.15) is 6.92 Å². The van der Waals surface area contributed by atoms with Crippen LogP contribution in [0, 0.1) is 0 Å². The molecule has 0 radical (unpaired) electrons. The van der Waals surface area contributed by atoms with Crippen molar-refractivity contribution in [3.8, 4) is 22.8 Å². The maximum Gasteiger partial charge on any atom is 0.309 e. The summed E-state index contributed by atoms with van der Waals surface area (Å²) in [6.07, 6.45) is 0. The predicted octanol–water partition coefficient (Wildman–Crippen LogP) is 4.07. The quantitative estimate of drug-likeness (QED) is 0.676. The number of benzene rings is 2. The Morgan fingerprint density at radius 2 is 1.48 bits per heavy atom. The van der Waals surface area contributed by atoms with Crippen LogP contribution in [0.4, 0.5) is 0 Å². The Labute approximate surface area is 123 Å². The van der Waals surface area contributed by atoms with Crippen molar-refractivity contribution in [2.24, 2.45) is 0 Å². The molecule has 0 saturated heterocycles. The van der Waals surface area contributed by atoms with Crippen molar-refractivity contribution in [1.29, 1.82) is 0 Å². The maximum absolute atomic E-state index is 11.3.